The first kappa shape index (κ1) is 39.4. The van der Waals surface area contributed by atoms with Gasteiger partial charge in [-0.15, -0.1) is 0 Å². The monoisotopic (exact) mass is 780 g/mol. The highest BCUT2D eigenvalue weighted by Gasteiger charge is 2.56. The molecular formula is C50H52O8. The molecule has 4 atom stereocenters. The Bertz CT molecular complexity index is 2350. The zero-order valence-corrected chi connectivity index (χ0v) is 33.4. The van der Waals surface area contributed by atoms with Crippen molar-refractivity contribution in [3.05, 3.63) is 158 Å². The average Bonchev–Trinajstić information content (AvgIpc) is 3.78. The molecule has 0 spiro atoms. The lowest BCUT2D eigenvalue weighted by atomic mass is 9.76. The lowest BCUT2D eigenvalue weighted by molar-refractivity contribution is -0.199. The van der Waals surface area contributed by atoms with Gasteiger partial charge in [-0.05, 0) is 123 Å². The van der Waals surface area contributed by atoms with Gasteiger partial charge in [0.1, 0.15) is 16.9 Å². The Balaban J connectivity index is 1.18. The van der Waals surface area contributed by atoms with Gasteiger partial charge >= 0.3 is 17.6 Å². The molecule has 9 rings (SSSR count). The van der Waals surface area contributed by atoms with Crippen LogP contribution in [0.2, 0.25) is 0 Å². The number of aryl methyl sites for hydroxylation is 2. The summed E-state index contributed by atoms with van der Waals surface area (Å²) >= 11 is 0. The van der Waals surface area contributed by atoms with Gasteiger partial charge in [-0.25, -0.2) is 9.59 Å². The average molecular weight is 781 g/mol. The number of aliphatic hydroxyl groups excluding tert-OH is 1. The van der Waals surface area contributed by atoms with Crippen LogP contribution in [0.15, 0.2) is 123 Å². The van der Waals surface area contributed by atoms with Crippen molar-refractivity contribution in [3.8, 4) is 5.75 Å². The maximum Gasteiger partial charge on any atom is 0.336 e. The third-order valence-corrected chi connectivity index (χ3v) is 12.6. The van der Waals surface area contributed by atoms with Crippen LogP contribution in [0.5, 0.6) is 5.75 Å². The second-order valence-corrected chi connectivity index (χ2v) is 16.7. The number of ether oxygens (including phenoxy) is 3. The Morgan fingerprint density at radius 2 is 1.50 bits per heavy atom. The summed E-state index contributed by atoms with van der Waals surface area (Å²) in [5, 5.41) is 10.9. The molecule has 0 amide bonds. The molecule has 2 bridgehead atoms. The van der Waals surface area contributed by atoms with Gasteiger partial charge in [-0.1, -0.05) is 91.7 Å². The molecule has 3 aliphatic heterocycles. The van der Waals surface area contributed by atoms with E-state index in [2.05, 4.69) is 72.8 Å². The van der Waals surface area contributed by atoms with Crippen LogP contribution in [-0.2, 0) is 44.7 Å². The SMILES string of the molecule is CC(CO)=C1CCc2ccc(cc2)C[C@H](CCc2cccc(Cc3ccccc3)c2)CC(=O)O[C@H]2c3c(ccc4ccc(=O)oc34)O[C@@](C)(C3CCCC3)[C@H]2OC1=O. The number of carbonyl (C=O) groups is 2. The molecule has 1 saturated carbocycles. The van der Waals surface area contributed by atoms with Crippen molar-refractivity contribution in [1.82, 2.24) is 0 Å². The molecule has 300 valence electrons. The molecule has 5 aromatic rings. The fraction of sp³-hybridized carbons (Fsp3) is 0.380. The lowest BCUT2D eigenvalue weighted by Gasteiger charge is -2.48. The minimum Gasteiger partial charge on any atom is -0.483 e. The van der Waals surface area contributed by atoms with E-state index in [0.29, 0.717) is 47.1 Å². The minimum atomic E-state index is -1.13. The fourth-order valence-corrected chi connectivity index (χ4v) is 9.37. The smallest absolute Gasteiger partial charge is 0.336 e. The summed E-state index contributed by atoms with van der Waals surface area (Å²) in [5.74, 6) is -0.649. The number of carbonyl (C=O) groups excluding carboxylic acids is 2. The van der Waals surface area contributed by atoms with Crippen LogP contribution in [0.25, 0.3) is 11.0 Å². The molecule has 0 saturated heterocycles. The van der Waals surface area contributed by atoms with Crippen molar-refractivity contribution >= 4 is 22.9 Å². The number of rotatable bonds is 7. The van der Waals surface area contributed by atoms with E-state index in [4.69, 9.17) is 18.6 Å². The molecule has 1 N–H and O–H groups in total. The van der Waals surface area contributed by atoms with Gasteiger partial charge in [0.15, 0.2) is 12.2 Å². The van der Waals surface area contributed by atoms with Crippen molar-refractivity contribution in [2.24, 2.45) is 11.8 Å². The highest BCUT2D eigenvalue weighted by Crippen LogP contribution is 2.52. The molecule has 4 aromatic carbocycles. The van der Waals surface area contributed by atoms with E-state index >= 15 is 0 Å². The first-order valence-electron chi connectivity index (χ1n) is 20.8. The summed E-state index contributed by atoms with van der Waals surface area (Å²) < 4.78 is 26.0. The van der Waals surface area contributed by atoms with Crippen LogP contribution < -0.4 is 10.4 Å². The van der Waals surface area contributed by atoms with E-state index in [1.165, 1.54) is 22.8 Å². The zero-order valence-electron chi connectivity index (χ0n) is 33.4. The predicted octanol–water partition coefficient (Wildman–Crippen LogP) is 9.36. The van der Waals surface area contributed by atoms with Crippen molar-refractivity contribution in [1.29, 1.82) is 0 Å². The van der Waals surface area contributed by atoms with E-state index in [-0.39, 0.29) is 30.4 Å². The molecule has 8 nitrogen and oxygen atoms in total. The normalized spacial score (nSPS) is 23.7. The number of hydrogen-bond acceptors (Lipinski definition) is 8. The highest BCUT2D eigenvalue weighted by atomic mass is 16.6. The molecule has 58 heavy (non-hydrogen) atoms. The van der Waals surface area contributed by atoms with Crippen molar-refractivity contribution in [2.45, 2.75) is 102 Å². The van der Waals surface area contributed by atoms with Crippen LogP contribution in [0.1, 0.15) is 98.3 Å². The first-order valence-corrected chi connectivity index (χ1v) is 20.8. The maximum absolute atomic E-state index is 14.6. The molecule has 1 aliphatic carbocycles. The van der Waals surface area contributed by atoms with Gasteiger partial charge in [0, 0.05) is 29.4 Å². The Morgan fingerprint density at radius 1 is 0.776 bits per heavy atom. The molecule has 8 heteroatoms. The van der Waals surface area contributed by atoms with E-state index in [1.54, 1.807) is 13.0 Å². The van der Waals surface area contributed by atoms with Crippen molar-refractivity contribution in [2.75, 3.05) is 6.61 Å². The molecule has 1 aromatic heterocycles. The van der Waals surface area contributed by atoms with Gasteiger partial charge in [-0.3, -0.25) is 4.79 Å². The number of esters is 2. The van der Waals surface area contributed by atoms with Crippen LogP contribution in [0.3, 0.4) is 0 Å². The maximum atomic E-state index is 14.6. The zero-order chi connectivity index (χ0) is 40.2. The van der Waals surface area contributed by atoms with Crippen molar-refractivity contribution in [3.63, 3.8) is 0 Å². The molecule has 4 aliphatic rings. The van der Waals surface area contributed by atoms with Crippen LogP contribution in [0, 0.1) is 11.8 Å². The van der Waals surface area contributed by atoms with Crippen molar-refractivity contribution < 1.29 is 33.3 Å². The summed E-state index contributed by atoms with van der Waals surface area (Å²) in [7, 11) is 0. The van der Waals surface area contributed by atoms with Gasteiger partial charge in [-0.2, -0.15) is 0 Å². The second kappa shape index (κ2) is 17.2. The number of benzene rings is 4. The van der Waals surface area contributed by atoms with Gasteiger partial charge in [0.05, 0.1) is 12.2 Å². The Kier molecular flexibility index (Phi) is 11.7. The quantitative estimate of drug-likeness (QED) is 0.0989. The second-order valence-electron chi connectivity index (χ2n) is 16.7. The summed E-state index contributed by atoms with van der Waals surface area (Å²) in [4.78, 5) is 41.8. The highest BCUT2D eigenvalue weighted by molar-refractivity contribution is 5.90. The predicted molar refractivity (Wildman–Crippen MR) is 223 cm³/mol. The molecular weight excluding hydrogens is 729 g/mol. The number of fused-ring (bicyclic) bond motifs is 13. The number of hydrogen-bond donors (Lipinski definition) is 1. The molecule has 0 unspecified atom stereocenters. The van der Waals surface area contributed by atoms with Gasteiger partial charge < -0.3 is 23.7 Å². The summed E-state index contributed by atoms with van der Waals surface area (Å²) in [6, 6.07) is 34.2. The Labute approximate surface area is 339 Å². The largest absolute Gasteiger partial charge is 0.483 e. The third kappa shape index (κ3) is 8.53. The summed E-state index contributed by atoms with van der Waals surface area (Å²) in [6.45, 7) is 3.38. The van der Waals surface area contributed by atoms with Crippen LogP contribution in [0.4, 0.5) is 0 Å². The molecule has 1 fully saturated rings. The van der Waals surface area contributed by atoms with Crippen LogP contribution in [-0.4, -0.2) is 35.4 Å². The molecule has 4 heterocycles. The van der Waals surface area contributed by atoms with E-state index in [9.17, 15) is 19.5 Å². The number of aliphatic hydroxyl groups is 1. The lowest BCUT2D eigenvalue weighted by Crippen LogP contribution is -2.58. The van der Waals surface area contributed by atoms with Crippen LogP contribution >= 0.6 is 0 Å². The van der Waals surface area contributed by atoms with E-state index < -0.39 is 35.4 Å². The van der Waals surface area contributed by atoms with E-state index in [0.717, 1.165) is 56.1 Å². The van der Waals surface area contributed by atoms with Gasteiger partial charge in [0.25, 0.3) is 0 Å². The molecule has 0 radical (unpaired) electrons. The minimum absolute atomic E-state index is 0.00142. The fourth-order valence-electron chi connectivity index (χ4n) is 9.37. The third-order valence-electron chi connectivity index (χ3n) is 12.6. The Morgan fingerprint density at radius 3 is 2.28 bits per heavy atom. The topological polar surface area (TPSA) is 112 Å². The summed E-state index contributed by atoms with van der Waals surface area (Å²) in [5.41, 5.74) is 5.76. The summed E-state index contributed by atoms with van der Waals surface area (Å²) in [6.07, 6.45) is 5.61. The standard InChI is InChI=1S/C50H52O8/c1-32(31-51)41-24-21-33-15-17-36(18-16-33)29-38(20-19-35-11-8-12-37(28-35)27-34-9-4-3-5-10-34)30-44(53)56-47-45-42(25-22-39-23-26-43(52)55-46(39)45)58-50(2,40-13-6-7-14-40)48(47)57-49(41)54/h3-5,8-12,15-18,22-23,25-26,28,38,40,47-48,51H,6-7,13-14,19-21,24,27,29-31H2,1-2H3/t38-,47-,48-,50-/m0/s1. The van der Waals surface area contributed by atoms with Gasteiger partial charge in [0.2, 0.25) is 0 Å². The van der Waals surface area contributed by atoms with E-state index in [1.807, 2.05) is 25.1 Å². The Hall–Kier alpha value is -5.47. The first-order chi connectivity index (χ1) is 28.2.